The lowest BCUT2D eigenvalue weighted by Crippen LogP contribution is -2.30. The summed E-state index contributed by atoms with van der Waals surface area (Å²) in [6.45, 7) is 4.15. The summed E-state index contributed by atoms with van der Waals surface area (Å²) in [5.74, 6) is -0.659. The van der Waals surface area contributed by atoms with Crippen molar-refractivity contribution in [1.82, 2.24) is 10.1 Å². The van der Waals surface area contributed by atoms with Gasteiger partial charge in [0.05, 0.1) is 0 Å². The highest BCUT2D eigenvalue weighted by molar-refractivity contribution is 6.31. The summed E-state index contributed by atoms with van der Waals surface area (Å²) in [4.78, 5) is 13.7. The highest BCUT2D eigenvalue weighted by Gasteiger charge is 2.35. The molecule has 3 rings (SSSR count). The van der Waals surface area contributed by atoms with E-state index < -0.39 is 5.97 Å². The minimum Gasteiger partial charge on any atom is -0.477 e. The van der Waals surface area contributed by atoms with Gasteiger partial charge in [-0.1, -0.05) is 35.0 Å². The summed E-state index contributed by atoms with van der Waals surface area (Å²) in [7, 11) is 0. The number of carboxylic acid groups (broad SMARTS) is 1. The summed E-state index contributed by atoms with van der Waals surface area (Å²) in [5, 5.41) is 14.0. The maximum Gasteiger partial charge on any atom is 0.341 e. The molecule has 1 aliphatic carbocycles. The molecule has 0 bridgehead atoms. The van der Waals surface area contributed by atoms with Gasteiger partial charge in [-0.2, -0.15) is 0 Å². The van der Waals surface area contributed by atoms with Crippen molar-refractivity contribution in [2.75, 3.05) is 0 Å². The molecular weight excluding hydrogens is 316 g/mol. The summed E-state index contributed by atoms with van der Waals surface area (Å²) >= 11 is 6.32. The number of nitrogens with zero attached hydrogens (tertiary/aromatic N) is 2. The van der Waals surface area contributed by atoms with Crippen molar-refractivity contribution in [3.05, 3.63) is 51.9 Å². The Labute approximate surface area is 139 Å². The van der Waals surface area contributed by atoms with Crippen LogP contribution in [0.4, 0.5) is 0 Å². The number of carboxylic acids is 1. The molecule has 1 aliphatic rings. The van der Waals surface area contributed by atoms with Crippen LogP contribution in [0.2, 0.25) is 5.02 Å². The average Bonchev–Trinajstić information content (AvgIpc) is 3.28. The van der Waals surface area contributed by atoms with Crippen molar-refractivity contribution in [3.63, 3.8) is 0 Å². The van der Waals surface area contributed by atoms with Crippen LogP contribution in [0.1, 0.15) is 53.2 Å². The van der Waals surface area contributed by atoms with Gasteiger partial charge in [-0.05, 0) is 38.3 Å². The Morgan fingerprint density at radius 1 is 1.48 bits per heavy atom. The predicted molar refractivity (Wildman–Crippen MR) is 86.6 cm³/mol. The van der Waals surface area contributed by atoms with E-state index in [0.717, 1.165) is 23.4 Å². The first-order valence-corrected chi connectivity index (χ1v) is 8.05. The molecule has 1 heterocycles. The maximum absolute atomic E-state index is 11.4. The zero-order chi connectivity index (χ0) is 16.6. The SMILES string of the molecule is Cc1onc(CN(C2CC2)C(C)c2ccccc2Cl)c1C(=O)O. The molecule has 23 heavy (non-hydrogen) atoms. The molecule has 1 atom stereocenters. The summed E-state index contributed by atoms with van der Waals surface area (Å²) in [6.07, 6.45) is 2.21. The first-order chi connectivity index (χ1) is 11.0. The van der Waals surface area contributed by atoms with Gasteiger partial charge < -0.3 is 9.63 Å². The number of benzene rings is 1. The van der Waals surface area contributed by atoms with Gasteiger partial charge in [0.1, 0.15) is 17.0 Å². The van der Waals surface area contributed by atoms with Gasteiger partial charge in [-0.15, -0.1) is 0 Å². The van der Waals surface area contributed by atoms with E-state index in [1.807, 2.05) is 24.3 Å². The highest BCUT2D eigenvalue weighted by Crippen LogP contribution is 2.37. The molecule has 1 fully saturated rings. The molecule has 2 aromatic rings. The third-order valence-electron chi connectivity index (χ3n) is 4.35. The van der Waals surface area contributed by atoms with E-state index >= 15 is 0 Å². The smallest absolute Gasteiger partial charge is 0.341 e. The molecule has 1 saturated carbocycles. The minimum absolute atomic E-state index is 0.0786. The minimum atomic E-state index is -1.00. The standard InChI is InChI=1S/C17H19ClN2O3/c1-10(13-5-3-4-6-14(13)18)20(12-7-8-12)9-15-16(17(21)22)11(2)23-19-15/h3-6,10,12H,7-9H2,1-2H3,(H,21,22). The van der Waals surface area contributed by atoms with Gasteiger partial charge >= 0.3 is 5.97 Å². The fourth-order valence-electron chi connectivity index (χ4n) is 2.95. The Kier molecular flexibility index (Phi) is 4.41. The van der Waals surface area contributed by atoms with Crippen molar-refractivity contribution in [1.29, 1.82) is 0 Å². The lowest BCUT2D eigenvalue weighted by molar-refractivity contribution is 0.0692. The Morgan fingerprint density at radius 3 is 2.78 bits per heavy atom. The van der Waals surface area contributed by atoms with E-state index in [9.17, 15) is 9.90 Å². The van der Waals surface area contributed by atoms with Gasteiger partial charge in [0.15, 0.2) is 0 Å². The second-order valence-electron chi connectivity index (χ2n) is 5.97. The third kappa shape index (κ3) is 3.26. The molecule has 0 spiro atoms. The molecule has 122 valence electrons. The molecule has 0 saturated heterocycles. The second-order valence-corrected chi connectivity index (χ2v) is 6.37. The first-order valence-electron chi connectivity index (χ1n) is 7.67. The lowest BCUT2D eigenvalue weighted by Gasteiger charge is -2.29. The zero-order valence-electron chi connectivity index (χ0n) is 13.1. The Bertz CT molecular complexity index is 724. The van der Waals surface area contributed by atoms with Crippen LogP contribution in [0.25, 0.3) is 0 Å². The van der Waals surface area contributed by atoms with Crippen LogP contribution in [0.15, 0.2) is 28.8 Å². The summed E-state index contributed by atoms with van der Waals surface area (Å²) in [5.41, 5.74) is 1.68. The second kappa shape index (κ2) is 6.34. The monoisotopic (exact) mass is 334 g/mol. The lowest BCUT2D eigenvalue weighted by atomic mass is 10.1. The van der Waals surface area contributed by atoms with Crippen LogP contribution in [-0.2, 0) is 6.54 Å². The molecule has 5 nitrogen and oxygen atoms in total. The maximum atomic E-state index is 11.4. The van der Waals surface area contributed by atoms with Crippen molar-refractivity contribution in [3.8, 4) is 0 Å². The van der Waals surface area contributed by atoms with Crippen molar-refractivity contribution >= 4 is 17.6 Å². The van der Waals surface area contributed by atoms with Crippen molar-refractivity contribution in [2.45, 2.75) is 45.3 Å². The molecule has 0 aliphatic heterocycles. The van der Waals surface area contributed by atoms with Crippen LogP contribution in [-0.4, -0.2) is 27.2 Å². The van der Waals surface area contributed by atoms with Gasteiger partial charge in [-0.25, -0.2) is 4.79 Å². The number of hydrogen-bond acceptors (Lipinski definition) is 4. The zero-order valence-corrected chi connectivity index (χ0v) is 13.9. The van der Waals surface area contributed by atoms with Crippen LogP contribution in [0.5, 0.6) is 0 Å². The molecule has 1 aromatic heterocycles. The Hall–Kier alpha value is -1.85. The van der Waals surface area contributed by atoms with Gasteiger partial charge in [0.2, 0.25) is 0 Å². The topological polar surface area (TPSA) is 66.6 Å². The normalized spacial score (nSPS) is 15.8. The van der Waals surface area contributed by atoms with Crippen molar-refractivity contribution in [2.24, 2.45) is 0 Å². The quantitative estimate of drug-likeness (QED) is 0.862. The van der Waals surface area contributed by atoms with Gasteiger partial charge in [0, 0.05) is 23.7 Å². The molecular formula is C17H19ClN2O3. The number of aryl methyl sites for hydroxylation is 1. The van der Waals surface area contributed by atoms with Crippen LogP contribution < -0.4 is 0 Å². The summed E-state index contributed by atoms with van der Waals surface area (Å²) < 4.78 is 5.08. The molecule has 1 unspecified atom stereocenters. The number of rotatable bonds is 6. The van der Waals surface area contributed by atoms with Crippen LogP contribution in [0.3, 0.4) is 0 Å². The molecule has 6 heteroatoms. The van der Waals surface area contributed by atoms with Gasteiger partial charge in [-0.3, -0.25) is 4.90 Å². The third-order valence-corrected chi connectivity index (χ3v) is 4.69. The van der Waals surface area contributed by atoms with Crippen molar-refractivity contribution < 1.29 is 14.4 Å². The van der Waals surface area contributed by atoms with E-state index in [2.05, 4.69) is 17.0 Å². The number of halogens is 1. The Balaban J connectivity index is 1.89. The molecule has 1 aromatic carbocycles. The fourth-order valence-corrected chi connectivity index (χ4v) is 3.25. The number of hydrogen-bond donors (Lipinski definition) is 1. The Morgan fingerprint density at radius 2 is 2.17 bits per heavy atom. The van der Waals surface area contributed by atoms with E-state index in [1.54, 1.807) is 6.92 Å². The molecule has 0 amide bonds. The van der Waals surface area contributed by atoms with Crippen LogP contribution >= 0.6 is 11.6 Å². The summed E-state index contributed by atoms with van der Waals surface area (Å²) in [6, 6.07) is 8.26. The first kappa shape index (κ1) is 16.0. The highest BCUT2D eigenvalue weighted by atomic mass is 35.5. The number of aromatic carboxylic acids is 1. The van der Waals surface area contributed by atoms with E-state index in [0.29, 0.717) is 24.0 Å². The van der Waals surface area contributed by atoms with E-state index in [1.165, 1.54) is 0 Å². The number of carbonyl (C=O) groups is 1. The molecule has 1 N–H and O–H groups in total. The average molecular weight is 335 g/mol. The predicted octanol–water partition coefficient (Wildman–Crippen LogP) is 4.06. The largest absolute Gasteiger partial charge is 0.477 e. The van der Waals surface area contributed by atoms with Gasteiger partial charge in [0.25, 0.3) is 0 Å². The van der Waals surface area contributed by atoms with Crippen LogP contribution in [0, 0.1) is 6.92 Å². The van der Waals surface area contributed by atoms with E-state index in [-0.39, 0.29) is 11.6 Å². The molecule has 0 radical (unpaired) electrons. The number of aromatic nitrogens is 1. The fraction of sp³-hybridized carbons (Fsp3) is 0.412. The van der Waals surface area contributed by atoms with E-state index in [4.69, 9.17) is 16.1 Å².